The molecule has 24 heavy (non-hydrogen) atoms. The van der Waals surface area contributed by atoms with Gasteiger partial charge in [-0.15, -0.1) is 0 Å². The summed E-state index contributed by atoms with van der Waals surface area (Å²) >= 11 is 0. The van der Waals surface area contributed by atoms with E-state index >= 15 is 0 Å². The summed E-state index contributed by atoms with van der Waals surface area (Å²) in [5.74, 6) is 0. The zero-order chi connectivity index (χ0) is 16.2. The molecule has 0 aliphatic rings. The first-order valence-electron chi connectivity index (χ1n) is 8.22. The van der Waals surface area contributed by atoms with Crippen molar-refractivity contribution in [1.29, 1.82) is 0 Å². The summed E-state index contributed by atoms with van der Waals surface area (Å²) in [6.07, 6.45) is 2.27. The lowest BCUT2D eigenvalue weighted by Crippen LogP contribution is -1.90. The molecule has 4 aromatic rings. The average Bonchev–Trinajstić information content (AvgIpc) is 2.67. The molecule has 0 atom stereocenters. The molecular formula is C24H18. The van der Waals surface area contributed by atoms with Gasteiger partial charge in [-0.05, 0) is 39.1 Å². The number of hydrogen-bond donors (Lipinski definition) is 0. The molecule has 0 aromatic heterocycles. The summed E-state index contributed by atoms with van der Waals surface area (Å²) in [5, 5.41) is 2.55. The maximum atomic E-state index is 2.27. The van der Waals surface area contributed by atoms with E-state index in [-0.39, 0.29) is 0 Å². The first-order valence-corrected chi connectivity index (χ1v) is 8.22. The molecule has 0 saturated heterocycles. The highest BCUT2D eigenvalue weighted by Gasteiger charge is 2.08. The van der Waals surface area contributed by atoms with Crippen molar-refractivity contribution in [2.45, 2.75) is 0 Å². The van der Waals surface area contributed by atoms with Crippen LogP contribution in [0.2, 0.25) is 0 Å². The van der Waals surface area contributed by atoms with E-state index in [1.165, 1.54) is 33.0 Å². The Hall–Kier alpha value is -3.12. The van der Waals surface area contributed by atoms with E-state index in [2.05, 4.69) is 109 Å². The Morgan fingerprint density at radius 1 is 0.542 bits per heavy atom. The Kier molecular flexibility index (Phi) is 3.95. The molecule has 4 rings (SSSR count). The molecule has 0 nitrogen and oxygen atoms in total. The first-order chi connectivity index (χ1) is 11.9. The Bertz CT molecular complexity index is 975. The molecule has 0 radical (unpaired) electrons. The molecule has 0 unspecified atom stereocenters. The lowest BCUT2D eigenvalue weighted by Gasteiger charge is -2.12. The van der Waals surface area contributed by atoms with E-state index in [9.17, 15) is 0 Å². The van der Waals surface area contributed by atoms with Crippen LogP contribution in [0.25, 0.3) is 22.4 Å². The molecule has 114 valence electrons. The molecule has 0 spiro atoms. The second kappa shape index (κ2) is 6.55. The molecule has 0 amide bonds. The van der Waals surface area contributed by atoms with Crippen LogP contribution in [0.3, 0.4) is 0 Å². The second-order valence-corrected chi connectivity index (χ2v) is 5.86. The van der Waals surface area contributed by atoms with Gasteiger partial charge in [0.2, 0.25) is 0 Å². The fourth-order valence-electron chi connectivity index (χ4n) is 3.11. The van der Waals surface area contributed by atoms with Crippen molar-refractivity contribution >= 4 is 22.4 Å². The van der Waals surface area contributed by atoms with Gasteiger partial charge >= 0.3 is 0 Å². The van der Waals surface area contributed by atoms with Crippen molar-refractivity contribution in [2.24, 2.45) is 0 Å². The van der Waals surface area contributed by atoms with E-state index in [1.807, 2.05) is 0 Å². The zero-order valence-electron chi connectivity index (χ0n) is 13.4. The van der Waals surface area contributed by atoms with E-state index in [4.69, 9.17) is 0 Å². The predicted molar refractivity (Wildman–Crippen MR) is 104 cm³/mol. The van der Waals surface area contributed by atoms with Crippen molar-refractivity contribution in [1.82, 2.24) is 0 Å². The van der Waals surface area contributed by atoms with Crippen LogP contribution in [-0.2, 0) is 0 Å². The van der Waals surface area contributed by atoms with Crippen molar-refractivity contribution in [2.75, 3.05) is 0 Å². The van der Waals surface area contributed by atoms with Crippen molar-refractivity contribution in [3.05, 3.63) is 120 Å². The fraction of sp³-hybridized carbons (Fsp3) is 0. The molecule has 0 heteroatoms. The third-order valence-corrected chi connectivity index (χ3v) is 4.28. The summed E-state index contributed by atoms with van der Waals surface area (Å²) in [5.41, 5.74) is 4.96. The third-order valence-electron chi connectivity index (χ3n) is 4.28. The minimum absolute atomic E-state index is 1.21. The van der Waals surface area contributed by atoms with Crippen molar-refractivity contribution in [3.63, 3.8) is 0 Å². The minimum atomic E-state index is 1.21. The number of fused-ring (bicyclic) bond motifs is 1. The van der Waals surface area contributed by atoms with Gasteiger partial charge in [-0.25, -0.2) is 0 Å². The highest BCUT2D eigenvalue weighted by Crippen LogP contribution is 2.31. The van der Waals surface area contributed by atoms with Crippen LogP contribution in [0.15, 0.2) is 103 Å². The van der Waals surface area contributed by atoms with Gasteiger partial charge in [0.15, 0.2) is 0 Å². The van der Waals surface area contributed by atoms with Gasteiger partial charge < -0.3 is 0 Å². The number of rotatable bonds is 3. The van der Waals surface area contributed by atoms with E-state index < -0.39 is 0 Å². The molecule has 0 aliphatic heterocycles. The summed E-state index contributed by atoms with van der Waals surface area (Å²) in [7, 11) is 0. The maximum absolute atomic E-state index is 2.27. The van der Waals surface area contributed by atoms with Crippen LogP contribution >= 0.6 is 0 Å². The number of benzene rings is 4. The van der Waals surface area contributed by atoms with Gasteiger partial charge in [0.1, 0.15) is 0 Å². The van der Waals surface area contributed by atoms with Crippen LogP contribution < -0.4 is 0 Å². The van der Waals surface area contributed by atoms with Crippen LogP contribution in [0.4, 0.5) is 0 Å². The van der Waals surface area contributed by atoms with Gasteiger partial charge in [-0.2, -0.15) is 0 Å². The molecule has 0 fully saturated rings. The zero-order valence-corrected chi connectivity index (χ0v) is 13.4. The van der Waals surface area contributed by atoms with Crippen LogP contribution in [0.1, 0.15) is 16.7 Å². The van der Waals surface area contributed by atoms with Gasteiger partial charge in [0.05, 0.1) is 0 Å². The smallest absolute Gasteiger partial charge is 0.00992 e. The Morgan fingerprint density at radius 2 is 1.17 bits per heavy atom. The third kappa shape index (κ3) is 2.87. The lowest BCUT2D eigenvalue weighted by molar-refractivity contribution is 1.58. The van der Waals surface area contributed by atoms with Crippen LogP contribution in [-0.4, -0.2) is 0 Å². The van der Waals surface area contributed by atoms with Crippen LogP contribution in [0, 0.1) is 0 Å². The molecule has 0 N–H and O–H groups in total. The highest BCUT2D eigenvalue weighted by atomic mass is 14.1. The molecule has 0 aliphatic carbocycles. The maximum Gasteiger partial charge on any atom is -0.00992 e. The molecular weight excluding hydrogens is 288 g/mol. The fourth-order valence-corrected chi connectivity index (χ4v) is 3.11. The monoisotopic (exact) mass is 306 g/mol. The van der Waals surface area contributed by atoms with Crippen molar-refractivity contribution < 1.29 is 0 Å². The lowest BCUT2D eigenvalue weighted by atomic mass is 9.92. The van der Waals surface area contributed by atoms with E-state index in [0.717, 1.165) is 0 Å². The van der Waals surface area contributed by atoms with Gasteiger partial charge in [0.25, 0.3) is 0 Å². The summed E-state index contributed by atoms with van der Waals surface area (Å²) < 4.78 is 0. The molecule has 4 aromatic carbocycles. The normalized spacial score (nSPS) is 11.6. The van der Waals surface area contributed by atoms with Gasteiger partial charge in [-0.1, -0.05) is 103 Å². The minimum Gasteiger partial charge on any atom is -0.0622 e. The Balaban J connectivity index is 1.98. The molecule has 0 bridgehead atoms. The quantitative estimate of drug-likeness (QED) is 0.383. The van der Waals surface area contributed by atoms with E-state index in [1.54, 1.807) is 0 Å². The highest BCUT2D eigenvalue weighted by molar-refractivity contribution is 6.02. The Morgan fingerprint density at radius 3 is 1.96 bits per heavy atom. The van der Waals surface area contributed by atoms with Gasteiger partial charge in [0, 0.05) is 0 Å². The predicted octanol–water partition coefficient (Wildman–Crippen LogP) is 6.43. The topological polar surface area (TPSA) is 0 Å². The number of hydrogen-bond acceptors (Lipinski definition) is 0. The largest absolute Gasteiger partial charge is 0.0622 e. The SMILES string of the molecule is C(=C(/c1ccccc1)c1cccc2ccccc12)/c1ccccc1. The Labute approximate surface area is 142 Å². The standard InChI is InChI=1S/C24H18/c1-3-10-19(11-4-1)18-24(21-12-5-2-6-13-21)23-17-9-15-20-14-7-8-16-22(20)23/h1-18H/b24-18+. The van der Waals surface area contributed by atoms with E-state index in [0.29, 0.717) is 0 Å². The summed E-state index contributed by atoms with van der Waals surface area (Å²) in [6.45, 7) is 0. The second-order valence-electron chi connectivity index (χ2n) is 5.86. The van der Waals surface area contributed by atoms with Crippen molar-refractivity contribution in [3.8, 4) is 0 Å². The van der Waals surface area contributed by atoms with Gasteiger partial charge in [-0.3, -0.25) is 0 Å². The molecule has 0 heterocycles. The summed E-state index contributed by atoms with van der Waals surface area (Å²) in [6, 6.07) is 36.2. The summed E-state index contributed by atoms with van der Waals surface area (Å²) in [4.78, 5) is 0. The first kappa shape index (κ1) is 14.5. The average molecular weight is 306 g/mol. The van der Waals surface area contributed by atoms with Crippen LogP contribution in [0.5, 0.6) is 0 Å². The molecule has 0 saturated carbocycles.